The molecule has 82 valence electrons. The number of benzene rings is 1. The van der Waals surface area contributed by atoms with Gasteiger partial charge in [-0.1, -0.05) is 17.7 Å². The maximum atomic E-state index is 10.9. The molecule has 0 atom stereocenters. The zero-order valence-electron chi connectivity index (χ0n) is 8.51. The van der Waals surface area contributed by atoms with Crippen LogP contribution in [0.4, 0.5) is 0 Å². The Hall–Kier alpha value is -1.81. The van der Waals surface area contributed by atoms with E-state index in [-0.39, 0.29) is 10.6 Å². The third-order valence-corrected chi connectivity index (χ3v) is 2.54. The lowest BCUT2D eigenvalue weighted by Gasteiger charge is -2.01. The molecular formula is C11H9ClN2O2. The molecule has 0 aliphatic carbocycles. The van der Waals surface area contributed by atoms with Gasteiger partial charge in [0.05, 0.1) is 16.3 Å². The highest BCUT2D eigenvalue weighted by atomic mass is 35.5. The van der Waals surface area contributed by atoms with Crippen molar-refractivity contribution in [1.82, 2.24) is 9.78 Å². The van der Waals surface area contributed by atoms with Gasteiger partial charge >= 0.3 is 5.97 Å². The van der Waals surface area contributed by atoms with Gasteiger partial charge in [-0.2, -0.15) is 5.10 Å². The topological polar surface area (TPSA) is 55.1 Å². The Morgan fingerprint density at radius 2 is 2.19 bits per heavy atom. The number of rotatable bonds is 2. The van der Waals surface area contributed by atoms with E-state index < -0.39 is 5.97 Å². The van der Waals surface area contributed by atoms with Crippen molar-refractivity contribution < 1.29 is 9.90 Å². The maximum Gasteiger partial charge on any atom is 0.337 e. The minimum absolute atomic E-state index is 0.0878. The SMILES string of the molecule is Cn1ccc(-c2ccc(Cl)c(C(=O)O)c2)n1. The zero-order valence-corrected chi connectivity index (χ0v) is 9.27. The van der Waals surface area contributed by atoms with Gasteiger partial charge in [0.2, 0.25) is 0 Å². The summed E-state index contributed by atoms with van der Waals surface area (Å²) in [7, 11) is 1.80. The highest BCUT2D eigenvalue weighted by Crippen LogP contribution is 2.23. The quantitative estimate of drug-likeness (QED) is 0.871. The zero-order chi connectivity index (χ0) is 11.7. The van der Waals surface area contributed by atoms with Crippen molar-refractivity contribution in [3.05, 3.63) is 41.0 Å². The number of aryl methyl sites for hydroxylation is 1. The van der Waals surface area contributed by atoms with Crippen molar-refractivity contribution >= 4 is 17.6 Å². The molecule has 0 saturated carbocycles. The van der Waals surface area contributed by atoms with Crippen molar-refractivity contribution in [2.75, 3.05) is 0 Å². The summed E-state index contributed by atoms with van der Waals surface area (Å²) in [6, 6.07) is 6.65. The lowest BCUT2D eigenvalue weighted by atomic mass is 10.1. The number of hydrogen-bond donors (Lipinski definition) is 1. The van der Waals surface area contributed by atoms with E-state index in [1.165, 1.54) is 6.07 Å². The molecule has 2 rings (SSSR count). The highest BCUT2D eigenvalue weighted by Gasteiger charge is 2.11. The van der Waals surface area contributed by atoms with E-state index >= 15 is 0 Å². The van der Waals surface area contributed by atoms with Gasteiger partial charge in [-0.25, -0.2) is 4.79 Å². The summed E-state index contributed by atoms with van der Waals surface area (Å²) in [5.41, 5.74) is 1.55. The van der Waals surface area contributed by atoms with Crippen LogP contribution in [-0.4, -0.2) is 20.9 Å². The van der Waals surface area contributed by atoms with E-state index in [4.69, 9.17) is 16.7 Å². The first-order valence-corrected chi connectivity index (χ1v) is 4.98. The third kappa shape index (κ3) is 1.92. The van der Waals surface area contributed by atoms with E-state index in [0.717, 1.165) is 11.3 Å². The van der Waals surface area contributed by atoms with Crippen LogP contribution in [0, 0.1) is 0 Å². The predicted molar refractivity (Wildman–Crippen MR) is 60.6 cm³/mol. The Bertz CT molecular complexity index is 549. The second-order valence-electron chi connectivity index (χ2n) is 3.37. The first-order valence-electron chi connectivity index (χ1n) is 4.61. The predicted octanol–water partition coefficient (Wildman–Crippen LogP) is 2.44. The number of halogens is 1. The Morgan fingerprint density at radius 3 is 2.75 bits per heavy atom. The van der Waals surface area contributed by atoms with Crippen molar-refractivity contribution in [3.63, 3.8) is 0 Å². The number of carboxylic acid groups (broad SMARTS) is 1. The summed E-state index contributed by atoms with van der Waals surface area (Å²) in [5.74, 6) is -1.04. The summed E-state index contributed by atoms with van der Waals surface area (Å²) in [6.45, 7) is 0. The van der Waals surface area contributed by atoms with Crippen LogP contribution in [0.3, 0.4) is 0 Å². The van der Waals surface area contributed by atoms with Gasteiger partial charge in [-0.3, -0.25) is 4.68 Å². The average Bonchev–Trinajstić information content (AvgIpc) is 2.65. The first-order chi connectivity index (χ1) is 7.58. The van der Waals surface area contributed by atoms with Crippen LogP contribution >= 0.6 is 11.6 Å². The number of carboxylic acids is 1. The molecule has 0 aliphatic rings. The summed E-state index contributed by atoms with van der Waals surface area (Å²) in [4.78, 5) is 10.9. The molecule has 1 N–H and O–H groups in total. The van der Waals surface area contributed by atoms with E-state index in [1.54, 1.807) is 30.1 Å². The lowest BCUT2D eigenvalue weighted by Crippen LogP contribution is -1.98. The summed E-state index contributed by atoms with van der Waals surface area (Å²) < 4.78 is 1.66. The molecule has 0 aliphatic heterocycles. The first kappa shape index (κ1) is 10.7. The molecule has 0 spiro atoms. The molecule has 5 heteroatoms. The van der Waals surface area contributed by atoms with Crippen LogP contribution in [0.1, 0.15) is 10.4 Å². The smallest absolute Gasteiger partial charge is 0.337 e. The maximum absolute atomic E-state index is 10.9. The largest absolute Gasteiger partial charge is 0.478 e. The lowest BCUT2D eigenvalue weighted by molar-refractivity contribution is 0.0697. The fraction of sp³-hybridized carbons (Fsp3) is 0.0909. The second-order valence-corrected chi connectivity index (χ2v) is 3.78. The van der Waals surface area contributed by atoms with Crippen LogP contribution in [0.15, 0.2) is 30.5 Å². The number of carbonyl (C=O) groups is 1. The van der Waals surface area contributed by atoms with Gasteiger partial charge in [0.25, 0.3) is 0 Å². The van der Waals surface area contributed by atoms with Gasteiger partial charge in [-0.15, -0.1) is 0 Å². The van der Waals surface area contributed by atoms with Crippen LogP contribution in [0.2, 0.25) is 5.02 Å². The van der Waals surface area contributed by atoms with Crippen molar-refractivity contribution in [3.8, 4) is 11.3 Å². The average molecular weight is 237 g/mol. The van der Waals surface area contributed by atoms with Crippen LogP contribution in [0.25, 0.3) is 11.3 Å². The molecule has 0 fully saturated rings. The standard InChI is InChI=1S/C11H9ClN2O2/c1-14-5-4-10(13-14)7-2-3-9(12)8(6-7)11(15)16/h2-6H,1H3,(H,15,16). The monoisotopic (exact) mass is 236 g/mol. The molecular weight excluding hydrogens is 228 g/mol. The fourth-order valence-electron chi connectivity index (χ4n) is 1.42. The van der Waals surface area contributed by atoms with E-state index in [0.29, 0.717) is 0 Å². The van der Waals surface area contributed by atoms with Gasteiger partial charge in [0, 0.05) is 18.8 Å². The third-order valence-electron chi connectivity index (χ3n) is 2.21. The van der Waals surface area contributed by atoms with Gasteiger partial charge < -0.3 is 5.11 Å². The second kappa shape index (κ2) is 3.98. The normalized spacial score (nSPS) is 10.4. The molecule has 0 amide bonds. The Kier molecular flexibility index (Phi) is 2.66. The Labute approximate surface area is 97.1 Å². The van der Waals surface area contributed by atoms with Gasteiger partial charge in [0.15, 0.2) is 0 Å². The molecule has 2 aromatic rings. The number of nitrogens with zero attached hydrogens (tertiary/aromatic N) is 2. The van der Waals surface area contributed by atoms with Gasteiger partial charge in [-0.05, 0) is 18.2 Å². The molecule has 0 bridgehead atoms. The number of aromatic nitrogens is 2. The van der Waals surface area contributed by atoms with Crippen LogP contribution < -0.4 is 0 Å². The van der Waals surface area contributed by atoms with E-state index in [9.17, 15) is 4.79 Å². The minimum Gasteiger partial charge on any atom is -0.478 e. The molecule has 1 heterocycles. The fourth-order valence-corrected chi connectivity index (χ4v) is 1.62. The molecule has 1 aromatic heterocycles. The van der Waals surface area contributed by atoms with E-state index in [2.05, 4.69) is 5.10 Å². The molecule has 16 heavy (non-hydrogen) atoms. The Morgan fingerprint density at radius 1 is 1.44 bits per heavy atom. The molecule has 0 saturated heterocycles. The highest BCUT2D eigenvalue weighted by molar-refractivity contribution is 6.33. The number of aromatic carboxylic acids is 1. The van der Waals surface area contributed by atoms with Gasteiger partial charge in [0.1, 0.15) is 0 Å². The molecule has 1 aromatic carbocycles. The van der Waals surface area contributed by atoms with Crippen LogP contribution in [0.5, 0.6) is 0 Å². The van der Waals surface area contributed by atoms with E-state index in [1.807, 2.05) is 6.07 Å². The summed E-state index contributed by atoms with van der Waals surface area (Å²) >= 11 is 5.78. The molecule has 4 nitrogen and oxygen atoms in total. The molecule has 0 unspecified atom stereocenters. The minimum atomic E-state index is -1.04. The Balaban J connectivity index is 2.51. The molecule has 0 radical (unpaired) electrons. The van der Waals surface area contributed by atoms with Crippen molar-refractivity contribution in [2.24, 2.45) is 7.05 Å². The van der Waals surface area contributed by atoms with Crippen LogP contribution in [-0.2, 0) is 7.05 Å². The van der Waals surface area contributed by atoms with Crippen molar-refractivity contribution in [1.29, 1.82) is 0 Å². The number of hydrogen-bond acceptors (Lipinski definition) is 2. The van der Waals surface area contributed by atoms with Crippen molar-refractivity contribution in [2.45, 2.75) is 0 Å². The summed E-state index contributed by atoms with van der Waals surface area (Å²) in [6.07, 6.45) is 1.80. The summed E-state index contributed by atoms with van der Waals surface area (Å²) in [5, 5.41) is 13.4.